The van der Waals surface area contributed by atoms with Crippen LogP contribution in [-0.2, 0) is 14.3 Å². The molecule has 2 rings (SSSR count). The molecule has 1 aromatic rings. The predicted octanol–water partition coefficient (Wildman–Crippen LogP) is 1.84. The van der Waals surface area contributed by atoms with Gasteiger partial charge in [0.05, 0.1) is 7.11 Å². The Balaban J connectivity index is 2.30. The van der Waals surface area contributed by atoms with Crippen LogP contribution in [0.15, 0.2) is 30.3 Å². The summed E-state index contributed by atoms with van der Waals surface area (Å²) in [6.07, 6.45) is 0.979. The molecule has 0 amide bonds. The Morgan fingerprint density at radius 3 is 2.40 bits per heavy atom. The fourth-order valence-corrected chi connectivity index (χ4v) is 2.90. The van der Waals surface area contributed by atoms with Gasteiger partial charge >= 0.3 is 11.9 Å². The molecule has 1 saturated heterocycles. The summed E-state index contributed by atoms with van der Waals surface area (Å²) < 4.78 is 4.80. The first-order valence-electron chi connectivity index (χ1n) is 6.69. The van der Waals surface area contributed by atoms with Crippen LogP contribution in [0.1, 0.15) is 31.4 Å². The Kier molecular flexibility index (Phi) is 4.39. The first kappa shape index (κ1) is 14.5. The van der Waals surface area contributed by atoms with Gasteiger partial charge in [-0.1, -0.05) is 30.3 Å². The van der Waals surface area contributed by atoms with E-state index in [1.165, 1.54) is 7.11 Å². The quantitative estimate of drug-likeness (QED) is 0.851. The molecule has 0 unspecified atom stereocenters. The van der Waals surface area contributed by atoms with Crippen LogP contribution >= 0.6 is 0 Å². The number of carbonyl (C=O) groups is 2. The Morgan fingerprint density at radius 2 is 1.85 bits per heavy atom. The molecule has 5 heteroatoms. The lowest BCUT2D eigenvalue weighted by Crippen LogP contribution is -2.45. The van der Waals surface area contributed by atoms with E-state index in [0.29, 0.717) is 12.8 Å². The number of esters is 1. The zero-order valence-electron chi connectivity index (χ0n) is 11.7. The van der Waals surface area contributed by atoms with Crippen LogP contribution in [0.25, 0.3) is 0 Å². The topological polar surface area (TPSA) is 66.8 Å². The number of aliphatic carboxylic acids is 1. The maximum Gasteiger partial charge on any atom is 0.323 e. The molecule has 1 aliphatic rings. The number of methoxy groups -OCH3 is 1. The third kappa shape index (κ3) is 2.67. The first-order valence-corrected chi connectivity index (χ1v) is 6.69. The Morgan fingerprint density at radius 1 is 1.25 bits per heavy atom. The van der Waals surface area contributed by atoms with Crippen LogP contribution in [0.3, 0.4) is 0 Å². The van der Waals surface area contributed by atoms with Crippen molar-refractivity contribution in [1.29, 1.82) is 0 Å². The SMILES string of the molecule is COC(=O)[C@@H]1CC[C@@H](C(=O)O)N1[C@@H](C)c1ccccc1. The van der Waals surface area contributed by atoms with Crippen LogP contribution in [0.5, 0.6) is 0 Å². The highest BCUT2D eigenvalue weighted by molar-refractivity contribution is 5.80. The van der Waals surface area contributed by atoms with Gasteiger partial charge in [0.25, 0.3) is 0 Å². The summed E-state index contributed by atoms with van der Waals surface area (Å²) in [7, 11) is 1.34. The van der Waals surface area contributed by atoms with Crippen LogP contribution in [-0.4, -0.2) is 41.1 Å². The minimum absolute atomic E-state index is 0.149. The van der Waals surface area contributed by atoms with Crippen molar-refractivity contribution in [2.45, 2.75) is 37.9 Å². The lowest BCUT2D eigenvalue weighted by atomic mass is 10.0. The lowest BCUT2D eigenvalue weighted by Gasteiger charge is -2.32. The predicted molar refractivity (Wildman–Crippen MR) is 73.2 cm³/mol. The molecule has 5 nitrogen and oxygen atoms in total. The number of nitrogens with zero attached hydrogens (tertiary/aromatic N) is 1. The molecular weight excluding hydrogens is 258 g/mol. The van der Waals surface area contributed by atoms with E-state index in [1.54, 1.807) is 4.90 Å². The number of benzene rings is 1. The van der Waals surface area contributed by atoms with Gasteiger partial charge in [0.2, 0.25) is 0 Å². The summed E-state index contributed by atoms with van der Waals surface area (Å²) in [5.41, 5.74) is 0.995. The van der Waals surface area contributed by atoms with Crippen molar-refractivity contribution in [3.05, 3.63) is 35.9 Å². The van der Waals surface area contributed by atoms with Gasteiger partial charge in [-0.05, 0) is 25.3 Å². The largest absolute Gasteiger partial charge is 0.480 e. The number of carboxylic acids is 1. The number of ether oxygens (including phenoxy) is 1. The van der Waals surface area contributed by atoms with E-state index in [2.05, 4.69) is 0 Å². The second-order valence-electron chi connectivity index (χ2n) is 5.00. The van der Waals surface area contributed by atoms with Crippen molar-refractivity contribution < 1.29 is 19.4 Å². The van der Waals surface area contributed by atoms with Crippen molar-refractivity contribution >= 4 is 11.9 Å². The van der Waals surface area contributed by atoms with Gasteiger partial charge in [0.1, 0.15) is 12.1 Å². The van der Waals surface area contributed by atoms with Gasteiger partial charge in [-0.2, -0.15) is 0 Å². The Hall–Kier alpha value is -1.88. The van der Waals surface area contributed by atoms with E-state index in [9.17, 15) is 14.7 Å². The number of carbonyl (C=O) groups excluding carboxylic acids is 1. The van der Waals surface area contributed by atoms with E-state index < -0.39 is 18.1 Å². The molecule has 1 aliphatic heterocycles. The van der Waals surface area contributed by atoms with Crippen molar-refractivity contribution in [1.82, 2.24) is 4.90 Å². The highest BCUT2D eigenvalue weighted by Crippen LogP contribution is 2.34. The Bertz CT molecular complexity index is 488. The molecule has 0 radical (unpaired) electrons. The summed E-state index contributed by atoms with van der Waals surface area (Å²) in [4.78, 5) is 25.0. The number of rotatable bonds is 4. The van der Waals surface area contributed by atoms with Crippen molar-refractivity contribution in [2.75, 3.05) is 7.11 Å². The van der Waals surface area contributed by atoms with Crippen LogP contribution in [0, 0.1) is 0 Å². The third-order valence-electron chi connectivity index (χ3n) is 3.92. The van der Waals surface area contributed by atoms with Gasteiger partial charge in [0.15, 0.2) is 0 Å². The molecule has 1 aromatic carbocycles. The molecule has 20 heavy (non-hydrogen) atoms. The zero-order chi connectivity index (χ0) is 14.7. The lowest BCUT2D eigenvalue weighted by molar-refractivity contribution is -0.150. The summed E-state index contributed by atoms with van der Waals surface area (Å²) in [6, 6.07) is 8.32. The number of likely N-dealkylation sites (tertiary alicyclic amines) is 1. The Labute approximate surface area is 118 Å². The molecule has 0 aromatic heterocycles. The highest BCUT2D eigenvalue weighted by Gasteiger charge is 2.44. The van der Waals surface area contributed by atoms with Gasteiger partial charge in [-0.3, -0.25) is 14.5 Å². The van der Waals surface area contributed by atoms with Gasteiger partial charge < -0.3 is 9.84 Å². The second-order valence-corrected chi connectivity index (χ2v) is 5.00. The minimum Gasteiger partial charge on any atom is -0.480 e. The summed E-state index contributed by atoms with van der Waals surface area (Å²) in [5.74, 6) is -1.25. The zero-order valence-corrected chi connectivity index (χ0v) is 11.7. The fraction of sp³-hybridized carbons (Fsp3) is 0.467. The molecule has 0 saturated carbocycles. The van der Waals surface area contributed by atoms with Crippen LogP contribution < -0.4 is 0 Å². The molecule has 1 heterocycles. The molecule has 108 valence electrons. The van der Waals surface area contributed by atoms with Gasteiger partial charge in [-0.15, -0.1) is 0 Å². The summed E-state index contributed by atoms with van der Waals surface area (Å²) in [5, 5.41) is 9.36. The van der Waals surface area contributed by atoms with Gasteiger partial charge in [0, 0.05) is 6.04 Å². The average molecular weight is 277 g/mol. The van der Waals surface area contributed by atoms with E-state index in [-0.39, 0.29) is 12.0 Å². The molecule has 1 N–H and O–H groups in total. The number of hydrogen-bond donors (Lipinski definition) is 1. The monoisotopic (exact) mass is 277 g/mol. The molecule has 0 spiro atoms. The highest BCUT2D eigenvalue weighted by atomic mass is 16.5. The van der Waals surface area contributed by atoms with E-state index in [1.807, 2.05) is 37.3 Å². The summed E-state index contributed by atoms with van der Waals surface area (Å²) in [6.45, 7) is 1.92. The van der Waals surface area contributed by atoms with E-state index in [0.717, 1.165) is 5.56 Å². The molecule has 1 fully saturated rings. The molecule has 3 atom stereocenters. The summed E-state index contributed by atoms with van der Waals surface area (Å²) >= 11 is 0. The first-order chi connectivity index (χ1) is 9.56. The maximum absolute atomic E-state index is 11.9. The standard InChI is InChI=1S/C15H19NO4/c1-10(11-6-4-3-5-7-11)16-12(14(17)18)8-9-13(16)15(19)20-2/h3-7,10,12-13H,8-9H2,1-2H3,(H,17,18)/t10-,12-,13-/m0/s1. The smallest absolute Gasteiger partial charge is 0.323 e. The third-order valence-corrected chi connectivity index (χ3v) is 3.92. The van der Waals surface area contributed by atoms with Crippen molar-refractivity contribution in [3.8, 4) is 0 Å². The molecule has 0 bridgehead atoms. The van der Waals surface area contributed by atoms with Crippen molar-refractivity contribution in [3.63, 3.8) is 0 Å². The molecule has 0 aliphatic carbocycles. The van der Waals surface area contributed by atoms with Gasteiger partial charge in [-0.25, -0.2) is 0 Å². The number of carboxylic acid groups (broad SMARTS) is 1. The second kappa shape index (κ2) is 6.05. The number of hydrogen-bond acceptors (Lipinski definition) is 4. The fourth-order valence-electron chi connectivity index (χ4n) is 2.90. The van der Waals surface area contributed by atoms with E-state index in [4.69, 9.17) is 4.74 Å². The molecular formula is C15H19NO4. The van der Waals surface area contributed by atoms with Crippen LogP contribution in [0.4, 0.5) is 0 Å². The average Bonchev–Trinajstić information content (AvgIpc) is 2.91. The van der Waals surface area contributed by atoms with Crippen LogP contribution in [0.2, 0.25) is 0 Å². The minimum atomic E-state index is -0.890. The van der Waals surface area contributed by atoms with E-state index >= 15 is 0 Å². The maximum atomic E-state index is 11.9. The van der Waals surface area contributed by atoms with Crippen molar-refractivity contribution in [2.24, 2.45) is 0 Å². The normalized spacial score (nSPS) is 24.3.